The van der Waals surface area contributed by atoms with Gasteiger partial charge in [-0.05, 0) is 18.2 Å². The fourth-order valence-electron chi connectivity index (χ4n) is 1.29. The first-order valence-corrected chi connectivity index (χ1v) is 5.00. The summed E-state index contributed by atoms with van der Waals surface area (Å²) >= 11 is 5.69. The number of alkyl halides is 3. The van der Waals surface area contributed by atoms with Crippen molar-refractivity contribution in [2.75, 3.05) is 0 Å². The van der Waals surface area contributed by atoms with Crippen LogP contribution in [0.25, 0.3) is 11.3 Å². The molecule has 6 heteroatoms. The lowest BCUT2D eigenvalue weighted by Crippen LogP contribution is -2.08. The van der Waals surface area contributed by atoms with Gasteiger partial charge in [0.05, 0.1) is 5.69 Å². The highest BCUT2D eigenvalue weighted by molar-refractivity contribution is 6.30. The highest BCUT2D eigenvalue weighted by atomic mass is 35.5. The van der Waals surface area contributed by atoms with Gasteiger partial charge in [0.15, 0.2) is 0 Å². The van der Waals surface area contributed by atoms with Crippen LogP contribution in [0, 0.1) is 0 Å². The normalized spacial score (nSPS) is 11.5. The van der Waals surface area contributed by atoms with Crippen molar-refractivity contribution in [2.24, 2.45) is 0 Å². The van der Waals surface area contributed by atoms with E-state index in [1.165, 1.54) is 0 Å². The first kappa shape index (κ1) is 11.9. The van der Waals surface area contributed by atoms with E-state index < -0.39 is 11.9 Å². The van der Waals surface area contributed by atoms with Gasteiger partial charge in [-0.3, -0.25) is 0 Å². The van der Waals surface area contributed by atoms with Crippen molar-refractivity contribution in [1.82, 2.24) is 9.97 Å². The topological polar surface area (TPSA) is 25.8 Å². The van der Waals surface area contributed by atoms with Crippen LogP contribution in [0.15, 0.2) is 36.7 Å². The van der Waals surface area contributed by atoms with Crippen LogP contribution >= 0.6 is 11.6 Å². The molecule has 0 N–H and O–H groups in total. The number of aromatic nitrogens is 2. The lowest BCUT2D eigenvalue weighted by molar-refractivity contribution is -0.141. The minimum absolute atomic E-state index is 0.212. The van der Waals surface area contributed by atoms with Gasteiger partial charge in [-0.25, -0.2) is 9.97 Å². The van der Waals surface area contributed by atoms with E-state index in [2.05, 4.69) is 9.97 Å². The van der Waals surface area contributed by atoms with Crippen molar-refractivity contribution < 1.29 is 13.2 Å². The highest BCUT2D eigenvalue weighted by Crippen LogP contribution is 2.29. The summed E-state index contributed by atoms with van der Waals surface area (Å²) in [5.74, 6) is 0. The standard InChI is InChI=1S/C11H6ClF3N2/c12-8-3-1-7(2-4-8)9-5-10(11(13,14)15)17-6-16-9/h1-6H. The van der Waals surface area contributed by atoms with E-state index in [1.54, 1.807) is 24.3 Å². The molecule has 0 fully saturated rings. The third-order valence-electron chi connectivity index (χ3n) is 2.10. The SMILES string of the molecule is FC(F)(F)c1cc(-c2ccc(Cl)cc2)ncn1. The van der Waals surface area contributed by atoms with E-state index in [1.807, 2.05) is 0 Å². The van der Waals surface area contributed by atoms with E-state index in [-0.39, 0.29) is 5.69 Å². The lowest BCUT2D eigenvalue weighted by Gasteiger charge is -2.06. The van der Waals surface area contributed by atoms with Crippen LogP contribution in [0.2, 0.25) is 5.02 Å². The van der Waals surface area contributed by atoms with Crippen molar-refractivity contribution in [2.45, 2.75) is 6.18 Å². The Morgan fingerprint density at radius 1 is 1.00 bits per heavy atom. The summed E-state index contributed by atoms with van der Waals surface area (Å²) in [6.07, 6.45) is -3.57. The molecule has 0 aliphatic rings. The summed E-state index contributed by atoms with van der Waals surface area (Å²) in [6.45, 7) is 0. The van der Waals surface area contributed by atoms with Crippen LogP contribution in [0.1, 0.15) is 5.69 Å². The Balaban J connectivity index is 2.43. The Morgan fingerprint density at radius 2 is 1.65 bits per heavy atom. The first-order valence-electron chi connectivity index (χ1n) is 4.62. The maximum Gasteiger partial charge on any atom is 0.433 e. The number of hydrogen-bond acceptors (Lipinski definition) is 2. The first-order chi connectivity index (χ1) is 7.97. The third-order valence-corrected chi connectivity index (χ3v) is 2.35. The molecular formula is C11H6ClF3N2. The molecule has 88 valence electrons. The minimum atomic E-state index is -4.47. The maximum atomic E-state index is 12.4. The van der Waals surface area contributed by atoms with E-state index in [0.29, 0.717) is 10.6 Å². The van der Waals surface area contributed by atoms with Crippen LogP contribution in [0.3, 0.4) is 0 Å². The number of benzene rings is 1. The summed E-state index contributed by atoms with van der Waals surface area (Å²) in [5, 5.41) is 0.513. The number of halogens is 4. The van der Waals surface area contributed by atoms with Gasteiger partial charge in [0, 0.05) is 10.6 Å². The van der Waals surface area contributed by atoms with Gasteiger partial charge in [0.2, 0.25) is 0 Å². The van der Waals surface area contributed by atoms with Crippen molar-refractivity contribution in [3.05, 3.63) is 47.4 Å². The van der Waals surface area contributed by atoms with Gasteiger partial charge in [-0.15, -0.1) is 0 Å². The van der Waals surface area contributed by atoms with Crippen molar-refractivity contribution in [3.8, 4) is 11.3 Å². The molecule has 17 heavy (non-hydrogen) atoms. The molecule has 0 radical (unpaired) electrons. The largest absolute Gasteiger partial charge is 0.433 e. The van der Waals surface area contributed by atoms with Gasteiger partial charge in [0.25, 0.3) is 0 Å². The molecule has 0 amide bonds. The van der Waals surface area contributed by atoms with E-state index >= 15 is 0 Å². The maximum absolute atomic E-state index is 12.4. The number of nitrogens with zero attached hydrogens (tertiary/aromatic N) is 2. The average molecular weight is 259 g/mol. The highest BCUT2D eigenvalue weighted by Gasteiger charge is 2.32. The minimum Gasteiger partial charge on any atom is -0.236 e. The van der Waals surface area contributed by atoms with Gasteiger partial charge >= 0.3 is 6.18 Å². The van der Waals surface area contributed by atoms with Crippen LogP contribution < -0.4 is 0 Å². The lowest BCUT2D eigenvalue weighted by atomic mass is 10.1. The second kappa shape index (κ2) is 4.33. The van der Waals surface area contributed by atoms with Gasteiger partial charge in [-0.1, -0.05) is 23.7 Å². The molecule has 0 aliphatic heterocycles. The molecule has 0 aliphatic carbocycles. The number of hydrogen-bond donors (Lipinski definition) is 0. The Morgan fingerprint density at radius 3 is 2.24 bits per heavy atom. The molecule has 2 nitrogen and oxygen atoms in total. The molecule has 0 spiro atoms. The quantitative estimate of drug-likeness (QED) is 0.777. The molecule has 2 aromatic rings. The average Bonchev–Trinajstić information content (AvgIpc) is 2.29. The predicted molar refractivity (Wildman–Crippen MR) is 57.5 cm³/mol. The van der Waals surface area contributed by atoms with E-state index in [4.69, 9.17) is 11.6 Å². The zero-order valence-corrected chi connectivity index (χ0v) is 9.13. The van der Waals surface area contributed by atoms with Crippen LogP contribution in [-0.4, -0.2) is 9.97 Å². The van der Waals surface area contributed by atoms with Gasteiger partial charge in [-0.2, -0.15) is 13.2 Å². The van der Waals surface area contributed by atoms with Crippen molar-refractivity contribution in [1.29, 1.82) is 0 Å². The fourth-order valence-corrected chi connectivity index (χ4v) is 1.42. The Labute approximate surface area is 100 Å². The van der Waals surface area contributed by atoms with Gasteiger partial charge in [0.1, 0.15) is 12.0 Å². The molecule has 1 aromatic heterocycles. The van der Waals surface area contributed by atoms with Crippen molar-refractivity contribution >= 4 is 11.6 Å². The zero-order chi connectivity index (χ0) is 12.5. The van der Waals surface area contributed by atoms with Crippen molar-refractivity contribution in [3.63, 3.8) is 0 Å². The summed E-state index contributed by atoms with van der Waals surface area (Å²) in [6, 6.07) is 7.29. The summed E-state index contributed by atoms with van der Waals surface area (Å²) in [7, 11) is 0. The molecule has 0 saturated carbocycles. The Hall–Kier alpha value is -1.62. The molecule has 2 rings (SSSR count). The van der Waals surface area contributed by atoms with Crippen LogP contribution in [-0.2, 0) is 6.18 Å². The monoisotopic (exact) mass is 258 g/mol. The summed E-state index contributed by atoms with van der Waals surface area (Å²) < 4.78 is 37.3. The van der Waals surface area contributed by atoms with Crippen LogP contribution in [0.4, 0.5) is 13.2 Å². The molecule has 1 aromatic carbocycles. The Bertz CT molecular complexity index is 523. The summed E-state index contributed by atoms with van der Waals surface area (Å²) in [5.41, 5.74) is -0.191. The van der Waals surface area contributed by atoms with Crippen LogP contribution in [0.5, 0.6) is 0 Å². The molecule has 0 saturated heterocycles. The predicted octanol–water partition coefficient (Wildman–Crippen LogP) is 3.82. The zero-order valence-electron chi connectivity index (χ0n) is 8.37. The molecule has 0 bridgehead atoms. The van der Waals surface area contributed by atoms with Gasteiger partial charge < -0.3 is 0 Å². The molecule has 0 atom stereocenters. The summed E-state index contributed by atoms with van der Waals surface area (Å²) in [4.78, 5) is 6.99. The smallest absolute Gasteiger partial charge is 0.236 e. The molecule has 1 heterocycles. The molecular weight excluding hydrogens is 253 g/mol. The second-order valence-electron chi connectivity index (χ2n) is 3.29. The fraction of sp³-hybridized carbons (Fsp3) is 0.0909. The van der Waals surface area contributed by atoms with E-state index in [9.17, 15) is 13.2 Å². The second-order valence-corrected chi connectivity index (χ2v) is 3.73. The van der Waals surface area contributed by atoms with E-state index in [0.717, 1.165) is 12.4 Å². The number of rotatable bonds is 1. The Kier molecular flexibility index (Phi) is 3.02. The molecule has 0 unspecified atom stereocenters. The third kappa shape index (κ3) is 2.74.